The number of hydrogen-bond acceptors (Lipinski definition) is 3. The van der Waals surface area contributed by atoms with Crippen LogP contribution in [0.25, 0.3) is 11.0 Å². The first-order valence-corrected chi connectivity index (χ1v) is 6.61. The molecule has 1 aromatic carbocycles. The number of hydrogen-bond donors (Lipinski definition) is 2. The fourth-order valence-electron chi connectivity index (χ4n) is 2.21. The van der Waals surface area contributed by atoms with Gasteiger partial charge in [0.1, 0.15) is 11.9 Å². The van der Waals surface area contributed by atoms with Crippen LogP contribution in [0.4, 0.5) is 0 Å². The van der Waals surface area contributed by atoms with Gasteiger partial charge in [0.2, 0.25) is 0 Å². The van der Waals surface area contributed by atoms with E-state index in [-0.39, 0.29) is 11.9 Å². The Balaban J connectivity index is 1.72. The Hall–Kier alpha value is -1.95. The van der Waals surface area contributed by atoms with E-state index >= 15 is 0 Å². The van der Waals surface area contributed by atoms with E-state index in [4.69, 9.17) is 12.2 Å². The van der Waals surface area contributed by atoms with Crippen LogP contribution in [0.1, 0.15) is 12.7 Å². The third kappa shape index (κ3) is 2.19. The molecule has 1 unspecified atom stereocenters. The number of aromatic amines is 1. The number of amides is 1. The predicted octanol–water partition coefficient (Wildman–Crippen LogP) is 1.21. The standard InChI is InChI=1S/C13H14N4OS/c1-8-12(18)17(13(19)14-8)7-6-11-15-9-4-2-3-5-10(9)16-11/h2-5,8H,6-7H2,1H3,(H,14,19)(H,15,16). The number of nitrogens with zero attached hydrogens (tertiary/aromatic N) is 2. The van der Waals surface area contributed by atoms with Gasteiger partial charge in [-0.1, -0.05) is 12.1 Å². The molecule has 0 radical (unpaired) electrons. The van der Waals surface area contributed by atoms with Gasteiger partial charge in [0.25, 0.3) is 5.91 Å². The average molecular weight is 274 g/mol. The van der Waals surface area contributed by atoms with E-state index in [2.05, 4.69) is 15.3 Å². The van der Waals surface area contributed by atoms with E-state index in [1.165, 1.54) is 0 Å². The predicted molar refractivity (Wildman–Crippen MR) is 76.7 cm³/mol. The minimum Gasteiger partial charge on any atom is -0.351 e. The maximum absolute atomic E-state index is 11.9. The molecule has 1 aromatic heterocycles. The van der Waals surface area contributed by atoms with Gasteiger partial charge in [0, 0.05) is 13.0 Å². The van der Waals surface area contributed by atoms with Crippen LogP contribution >= 0.6 is 12.2 Å². The van der Waals surface area contributed by atoms with E-state index in [0.717, 1.165) is 16.9 Å². The molecule has 3 rings (SSSR count). The number of imidazole rings is 1. The van der Waals surface area contributed by atoms with Gasteiger partial charge >= 0.3 is 0 Å². The van der Waals surface area contributed by atoms with Crippen LogP contribution in [0.3, 0.4) is 0 Å². The molecule has 6 heteroatoms. The van der Waals surface area contributed by atoms with Crippen molar-refractivity contribution >= 4 is 34.3 Å². The number of carbonyl (C=O) groups is 1. The topological polar surface area (TPSA) is 61.0 Å². The minimum absolute atomic E-state index is 0.0288. The zero-order valence-electron chi connectivity index (χ0n) is 10.5. The molecule has 1 saturated heterocycles. The highest BCUT2D eigenvalue weighted by Gasteiger charge is 2.31. The third-order valence-corrected chi connectivity index (χ3v) is 3.57. The molecule has 5 nitrogen and oxygen atoms in total. The molecule has 0 saturated carbocycles. The SMILES string of the molecule is CC1NC(=S)N(CCc2nc3ccccc3[nH]2)C1=O. The Bertz CT molecular complexity index is 618. The lowest BCUT2D eigenvalue weighted by molar-refractivity contribution is -0.126. The molecule has 1 amide bonds. The Morgan fingerprint density at radius 1 is 1.42 bits per heavy atom. The number of carbonyl (C=O) groups excluding carboxylic acids is 1. The zero-order chi connectivity index (χ0) is 13.4. The fourth-order valence-corrected chi connectivity index (χ4v) is 2.57. The minimum atomic E-state index is -0.219. The average Bonchev–Trinajstić information content (AvgIpc) is 2.90. The lowest BCUT2D eigenvalue weighted by atomic mass is 10.3. The second-order valence-corrected chi connectivity index (χ2v) is 5.00. The van der Waals surface area contributed by atoms with E-state index in [1.54, 1.807) is 4.90 Å². The molecule has 98 valence electrons. The van der Waals surface area contributed by atoms with Gasteiger partial charge in [-0.25, -0.2) is 4.98 Å². The van der Waals surface area contributed by atoms with Gasteiger partial charge in [0.05, 0.1) is 11.0 Å². The van der Waals surface area contributed by atoms with E-state index in [9.17, 15) is 4.79 Å². The summed E-state index contributed by atoms with van der Waals surface area (Å²) in [5, 5.41) is 3.46. The second-order valence-electron chi connectivity index (χ2n) is 4.61. The fraction of sp³-hybridized carbons (Fsp3) is 0.308. The first-order chi connectivity index (χ1) is 9.15. The number of benzene rings is 1. The number of aromatic nitrogens is 2. The Morgan fingerprint density at radius 3 is 2.89 bits per heavy atom. The van der Waals surface area contributed by atoms with Crippen molar-refractivity contribution in [1.29, 1.82) is 0 Å². The Morgan fingerprint density at radius 2 is 2.21 bits per heavy atom. The number of fused-ring (bicyclic) bond motifs is 1. The second kappa shape index (κ2) is 4.62. The summed E-state index contributed by atoms with van der Waals surface area (Å²) in [6, 6.07) is 7.65. The van der Waals surface area contributed by atoms with Crippen molar-refractivity contribution in [3.63, 3.8) is 0 Å². The maximum atomic E-state index is 11.9. The first kappa shape index (κ1) is 12.1. The van der Waals surface area contributed by atoms with Crippen LogP contribution in [-0.2, 0) is 11.2 Å². The molecule has 1 aliphatic rings. The van der Waals surface area contributed by atoms with E-state index < -0.39 is 0 Å². The third-order valence-electron chi connectivity index (χ3n) is 3.23. The van der Waals surface area contributed by atoms with Crippen LogP contribution in [0.2, 0.25) is 0 Å². The summed E-state index contributed by atoms with van der Waals surface area (Å²) in [6.45, 7) is 2.37. The van der Waals surface area contributed by atoms with Gasteiger partial charge in [-0.2, -0.15) is 0 Å². The van der Waals surface area contributed by atoms with Gasteiger partial charge in [-0.3, -0.25) is 9.69 Å². The van der Waals surface area contributed by atoms with Crippen molar-refractivity contribution in [1.82, 2.24) is 20.2 Å². The van der Waals surface area contributed by atoms with Crippen LogP contribution in [0.5, 0.6) is 0 Å². The van der Waals surface area contributed by atoms with Crippen LogP contribution in [0.15, 0.2) is 24.3 Å². The van der Waals surface area contributed by atoms with Crippen molar-refractivity contribution in [2.24, 2.45) is 0 Å². The van der Waals surface area contributed by atoms with Gasteiger partial charge < -0.3 is 10.3 Å². The van der Waals surface area contributed by atoms with Crippen molar-refractivity contribution in [3.8, 4) is 0 Å². The molecule has 0 aliphatic carbocycles. The molecule has 1 aliphatic heterocycles. The van der Waals surface area contributed by atoms with Crippen molar-refractivity contribution in [2.75, 3.05) is 6.54 Å². The number of nitrogens with one attached hydrogen (secondary N) is 2. The Kier molecular flexibility index (Phi) is 2.94. The lowest BCUT2D eigenvalue weighted by Crippen LogP contribution is -2.33. The molecule has 19 heavy (non-hydrogen) atoms. The Labute approximate surface area is 116 Å². The summed E-state index contributed by atoms with van der Waals surface area (Å²) in [4.78, 5) is 21.2. The summed E-state index contributed by atoms with van der Waals surface area (Å²) < 4.78 is 0. The number of para-hydroxylation sites is 2. The summed E-state index contributed by atoms with van der Waals surface area (Å²) in [6.07, 6.45) is 0.662. The smallest absolute Gasteiger partial charge is 0.251 e. The highest BCUT2D eigenvalue weighted by molar-refractivity contribution is 7.80. The van der Waals surface area contributed by atoms with Gasteiger partial charge in [-0.05, 0) is 31.3 Å². The van der Waals surface area contributed by atoms with Crippen LogP contribution < -0.4 is 5.32 Å². The molecule has 2 heterocycles. The van der Waals surface area contributed by atoms with Gasteiger partial charge in [0.15, 0.2) is 5.11 Å². The maximum Gasteiger partial charge on any atom is 0.251 e. The molecular formula is C13H14N4OS. The first-order valence-electron chi connectivity index (χ1n) is 6.20. The highest BCUT2D eigenvalue weighted by Crippen LogP contribution is 2.12. The van der Waals surface area contributed by atoms with Crippen LogP contribution in [-0.4, -0.2) is 38.5 Å². The molecular weight excluding hydrogens is 260 g/mol. The molecule has 2 aromatic rings. The van der Waals surface area contributed by atoms with Gasteiger partial charge in [-0.15, -0.1) is 0 Å². The van der Waals surface area contributed by atoms with Crippen molar-refractivity contribution in [2.45, 2.75) is 19.4 Å². The molecule has 1 atom stereocenters. The monoisotopic (exact) mass is 274 g/mol. The molecule has 0 bridgehead atoms. The summed E-state index contributed by atoms with van der Waals surface area (Å²) in [7, 11) is 0. The number of rotatable bonds is 3. The lowest BCUT2D eigenvalue weighted by Gasteiger charge is -2.13. The van der Waals surface area contributed by atoms with Crippen molar-refractivity contribution < 1.29 is 4.79 Å². The summed E-state index contributed by atoms with van der Waals surface area (Å²) in [5.74, 6) is 0.900. The summed E-state index contributed by atoms with van der Waals surface area (Å²) in [5.41, 5.74) is 1.96. The quantitative estimate of drug-likeness (QED) is 0.826. The van der Waals surface area contributed by atoms with Crippen LogP contribution in [0, 0.1) is 0 Å². The van der Waals surface area contributed by atoms with E-state index in [1.807, 2.05) is 31.2 Å². The highest BCUT2D eigenvalue weighted by atomic mass is 32.1. The molecule has 2 N–H and O–H groups in total. The van der Waals surface area contributed by atoms with Crippen molar-refractivity contribution in [3.05, 3.63) is 30.1 Å². The number of H-pyrrole nitrogens is 1. The normalized spacial score (nSPS) is 19.2. The number of thiocarbonyl (C=S) groups is 1. The largest absolute Gasteiger partial charge is 0.351 e. The van der Waals surface area contributed by atoms with E-state index in [0.29, 0.717) is 18.1 Å². The summed E-state index contributed by atoms with van der Waals surface area (Å²) >= 11 is 5.14. The molecule has 0 spiro atoms. The molecule has 1 fully saturated rings. The zero-order valence-corrected chi connectivity index (χ0v) is 11.3.